The van der Waals surface area contributed by atoms with Crippen LogP contribution in [0.2, 0.25) is 0 Å². The minimum atomic E-state index is -0.883. The lowest BCUT2D eigenvalue weighted by Crippen LogP contribution is -2.58. The van der Waals surface area contributed by atoms with Gasteiger partial charge in [0.25, 0.3) is 0 Å². The van der Waals surface area contributed by atoms with Crippen LogP contribution in [0.15, 0.2) is 72.8 Å². The molecule has 6 saturated heterocycles. The first-order valence-electron chi connectivity index (χ1n) is 39.5. The average molecular weight is 1510 g/mol. The monoisotopic (exact) mass is 1510 g/mol. The van der Waals surface area contributed by atoms with Crippen molar-refractivity contribution < 1.29 is 71.6 Å². The molecule has 6 heterocycles. The highest BCUT2D eigenvalue weighted by Crippen LogP contribution is 2.47. The van der Waals surface area contributed by atoms with E-state index in [1.165, 1.54) is 55.9 Å². The molecule has 26 heteroatoms. The summed E-state index contributed by atoms with van der Waals surface area (Å²) in [5.74, 6) is -2.36. The van der Waals surface area contributed by atoms with Crippen molar-refractivity contribution in [2.24, 2.45) is 22.0 Å². The third-order valence-corrected chi connectivity index (χ3v) is 22.7. The van der Waals surface area contributed by atoms with Gasteiger partial charge in [-0.2, -0.15) is 0 Å². The summed E-state index contributed by atoms with van der Waals surface area (Å²) in [4.78, 5) is 140. The number of benzene rings is 3. The number of carbonyl (C=O) groups excluding carboxylic acids is 10. The molecule has 26 nitrogen and oxygen atoms in total. The van der Waals surface area contributed by atoms with Crippen molar-refractivity contribution in [3.8, 4) is 0 Å². The van der Waals surface area contributed by atoms with E-state index in [1.807, 2.05) is 91.8 Å². The third kappa shape index (κ3) is 19.8. The first-order valence-corrected chi connectivity index (χ1v) is 39.5. The van der Waals surface area contributed by atoms with E-state index in [-0.39, 0.29) is 91.3 Å². The van der Waals surface area contributed by atoms with Crippen LogP contribution in [0.1, 0.15) is 239 Å². The zero-order valence-corrected chi connectivity index (χ0v) is 67.7. The van der Waals surface area contributed by atoms with Crippen molar-refractivity contribution >= 4 is 59.4 Å². The van der Waals surface area contributed by atoms with Crippen LogP contribution >= 0.6 is 0 Å². The number of aryl methyl sites for hydroxylation is 3. The molecule has 0 radical (unpaired) electrons. The fraction of sp³-hybridized carbons (Fsp3) is 0.663. The van der Waals surface area contributed by atoms with E-state index >= 15 is 0 Å². The number of nitrogens with two attached hydrogens (primary N) is 1. The van der Waals surface area contributed by atoms with E-state index in [4.69, 9.17) is 29.4 Å². The summed E-state index contributed by atoms with van der Waals surface area (Å²) in [5, 5.41) is 15.3. The first-order chi connectivity index (χ1) is 51.3. The van der Waals surface area contributed by atoms with Gasteiger partial charge in [-0.1, -0.05) is 128 Å². The van der Waals surface area contributed by atoms with E-state index in [0.717, 1.165) is 68.9 Å². The van der Waals surface area contributed by atoms with Gasteiger partial charge in [-0.3, -0.25) is 48.2 Å². The number of nitrogens with zero attached hydrogens (tertiary/aromatic N) is 5. The second kappa shape index (κ2) is 35.0. The molecule has 600 valence electrons. The van der Waals surface area contributed by atoms with Gasteiger partial charge < -0.3 is 70.7 Å². The van der Waals surface area contributed by atoms with E-state index in [1.54, 1.807) is 60.3 Å². The van der Waals surface area contributed by atoms with Crippen LogP contribution in [0.4, 0.5) is 9.59 Å². The standard InChI is InChI=1S/2C30H44N4O6.C21H29N3O3.C2H6/c2*1-18(33(7)28(38)40-29(2,3)4)25(35)32-22-15-16-39-23-17-30(5,6)24(34(23)27(22)37)26(36)31-21-14-10-12-19-11-8-9-13-20(19)21;1-21(2)12-17-24(20(26)15(22)10-11-27-17)18(21)19(25)23-16-9-5-7-13-6-3-4-8-14(13)16;1-2/h2*8-9,11,13,18,21-24H,10,12,14-17H2,1-7H3,(H,31,36)(H,32,35);3-4,6,8,15-18H,5,7,9-12,22H2,1-2H3,(H,23,25);1-2H3/t18-,21+,22-,23-,24+;18-,21+,22-,23-,24-;15-,16+,17-,18?;/m000./s1. The Bertz CT molecular complexity index is 3620. The smallest absolute Gasteiger partial charge is 0.410 e. The normalized spacial score (nSPS) is 27.6. The Labute approximate surface area is 644 Å². The van der Waals surface area contributed by atoms with Crippen molar-refractivity contribution in [2.75, 3.05) is 33.9 Å². The highest BCUT2D eigenvalue weighted by Gasteiger charge is 2.58. The van der Waals surface area contributed by atoms with Crippen LogP contribution in [-0.2, 0) is 81.3 Å². The molecular weight excluding hydrogens is 1390 g/mol. The number of fused-ring (bicyclic) bond motifs is 6. The van der Waals surface area contributed by atoms with Gasteiger partial charge in [0.05, 0.1) is 44.0 Å². The molecule has 3 aromatic carbocycles. The van der Waals surface area contributed by atoms with Gasteiger partial charge in [0, 0.05) is 26.9 Å². The topological polar surface area (TPSA) is 319 Å². The largest absolute Gasteiger partial charge is 0.444 e. The molecule has 10 amide bonds. The van der Waals surface area contributed by atoms with Crippen LogP contribution in [0.5, 0.6) is 0 Å². The second-order valence-electron chi connectivity index (χ2n) is 34.6. The maximum atomic E-state index is 13.9. The van der Waals surface area contributed by atoms with Crippen LogP contribution in [0.25, 0.3) is 0 Å². The SMILES string of the molecule is CC.CC1(C)C[C@@H]2OCC[C@H](N)C(=O)N2C1C(=O)N[C@@H]1CCCc2ccccc21.C[C@@H](C(=O)N[C@H]1CCO[C@H]2CC(C)(C)[C@@H](C(=O)N[C@@H]3CCCc4ccccc43)N2C1=O)N(C)C(=O)OC(C)(C)C.C[C@@H](C(=O)N[C@H]1CCO[C@H]2CC(C)(C)[C@H](C(=O)N[C@@H]3CCCc4ccccc43)N2C1=O)N(C)C(=O)OC(C)(C)C. The molecule has 9 aliphatic rings. The third-order valence-electron chi connectivity index (χ3n) is 22.7. The molecule has 0 saturated carbocycles. The summed E-state index contributed by atoms with van der Waals surface area (Å²) in [7, 11) is 2.97. The molecule has 7 N–H and O–H groups in total. The molecule has 12 rings (SSSR count). The molecule has 0 aromatic heterocycles. The molecule has 0 spiro atoms. The first kappa shape index (κ1) is 84.8. The average Bonchev–Trinajstić information content (AvgIpc) is 1.62. The maximum absolute atomic E-state index is 13.9. The lowest BCUT2D eigenvalue weighted by Gasteiger charge is -2.36. The number of hydrogen-bond acceptors (Lipinski definition) is 16. The number of rotatable bonds is 12. The van der Waals surface area contributed by atoms with E-state index in [9.17, 15) is 47.9 Å². The predicted octanol–water partition coefficient (Wildman–Crippen LogP) is 9.50. The van der Waals surface area contributed by atoms with Gasteiger partial charge in [-0.25, -0.2) is 9.59 Å². The Hall–Kier alpha value is -8.20. The summed E-state index contributed by atoms with van der Waals surface area (Å²) in [6.07, 6.45) is 8.59. The maximum Gasteiger partial charge on any atom is 0.410 e. The van der Waals surface area contributed by atoms with Gasteiger partial charge in [0.1, 0.15) is 72.2 Å². The highest BCUT2D eigenvalue weighted by molar-refractivity contribution is 5.97. The van der Waals surface area contributed by atoms with Crippen molar-refractivity contribution in [1.82, 2.24) is 51.1 Å². The van der Waals surface area contributed by atoms with Crippen molar-refractivity contribution in [3.05, 3.63) is 106 Å². The molecule has 14 atom stereocenters. The fourth-order valence-electron chi connectivity index (χ4n) is 16.8. The zero-order valence-electron chi connectivity index (χ0n) is 67.7. The van der Waals surface area contributed by atoms with Crippen LogP contribution in [0, 0.1) is 16.2 Å². The lowest BCUT2D eigenvalue weighted by molar-refractivity contribution is -0.150. The number of nitrogens with one attached hydrogen (secondary N) is 5. The Kier molecular flexibility index (Phi) is 27.2. The fourth-order valence-corrected chi connectivity index (χ4v) is 16.8. The molecule has 6 fully saturated rings. The summed E-state index contributed by atoms with van der Waals surface area (Å²) in [6, 6.07) is 18.2. The van der Waals surface area contributed by atoms with Crippen molar-refractivity contribution in [1.29, 1.82) is 0 Å². The molecular formula is C83H123N11O15. The van der Waals surface area contributed by atoms with E-state index in [2.05, 4.69) is 63.0 Å². The molecule has 109 heavy (non-hydrogen) atoms. The Balaban J connectivity index is 0.000000190. The van der Waals surface area contributed by atoms with Crippen molar-refractivity contribution in [3.63, 3.8) is 0 Å². The molecule has 3 aliphatic carbocycles. The lowest BCUT2D eigenvalue weighted by atomic mass is 9.82. The minimum Gasteiger partial charge on any atom is -0.444 e. The van der Waals surface area contributed by atoms with Crippen molar-refractivity contribution in [2.45, 2.75) is 303 Å². The van der Waals surface area contributed by atoms with Gasteiger partial charge in [0.2, 0.25) is 47.3 Å². The summed E-state index contributed by atoms with van der Waals surface area (Å²) in [6.45, 7) is 30.6. The number of likely N-dealkylation sites (N-methyl/N-ethyl adjacent to an activating group) is 2. The molecule has 0 bridgehead atoms. The summed E-state index contributed by atoms with van der Waals surface area (Å²) >= 11 is 0. The minimum absolute atomic E-state index is 0.00558. The second-order valence-corrected chi connectivity index (χ2v) is 34.6. The van der Waals surface area contributed by atoms with E-state index in [0.29, 0.717) is 32.3 Å². The van der Waals surface area contributed by atoms with Crippen LogP contribution in [0.3, 0.4) is 0 Å². The van der Waals surface area contributed by atoms with Crippen LogP contribution < -0.4 is 32.3 Å². The Morgan fingerprint density at radius 2 is 0.734 bits per heavy atom. The van der Waals surface area contributed by atoms with Gasteiger partial charge in [-0.05, 0) is 188 Å². The van der Waals surface area contributed by atoms with Crippen LogP contribution in [-0.4, -0.2) is 196 Å². The Morgan fingerprint density at radius 1 is 0.450 bits per heavy atom. The summed E-state index contributed by atoms with van der Waals surface area (Å²) < 4.78 is 28.7. The number of amides is 10. The van der Waals surface area contributed by atoms with Gasteiger partial charge >= 0.3 is 12.2 Å². The van der Waals surface area contributed by atoms with Gasteiger partial charge in [-0.15, -0.1) is 0 Å². The molecule has 6 aliphatic heterocycles. The zero-order chi connectivity index (χ0) is 80.0. The Morgan fingerprint density at radius 3 is 1.04 bits per heavy atom. The molecule has 3 aromatic rings. The van der Waals surface area contributed by atoms with E-state index < -0.39 is 107 Å². The summed E-state index contributed by atoms with van der Waals surface area (Å²) in [5.41, 5.74) is 10.4. The number of carbonyl (C=O) groups is 10. The predicted molar refractivity (Wildman–Crippen MR) is 411 cm³/mol. The number of ether oxygens (including phenoxy) is 5. The van der Waals surface area contributed by atoms with Gasteiger partial charge in [0.15, 0.2) is 0 Å². The number of hydrogen-bond donors (Lipinski definition) is 6. The molecule has 1 unspecified atom stereocenters. The highest BCUT2D eigenvalue weighted by atomic mass is 16.6. The quantitative estimate of drug-likeness (QED) is 0.0983.